The summed E-state index contributed by atoms with van der Waals surface area (Å²) in [6.45, 7) is 7.14. The number of hydrogen-bond acceptors (Lipinski definition) is 8. The average molecular weight is 478 g/mol. The minimum Gasteiger partial charge on any atom is -0.493 e. The molecule has 3 heterocycles. The minimum atomic E-state index is -0.411. The number of aliphatic hydroxyl groups excluding tert-OH is 1. The molecule has 1 unspecified atom stereocenters. The van der Waals surface area contributed by atoms with E-state index in [9.17, 15) is 9.90 Å². The molecule has 1 aromatic heterocycles. The van der Waals surface area contributed by atoms with Gasteiger partial charge in [-0.1, -0.05) is 18.2 Å². The first-order chi connectivity index (χ1) is 16.9. The van der Waals surface area contributed by atoms with Gasteiger partial charge in [0, 0.05) is 43.4 Å². The van der Waals surface area contributed by atoms with Gasteiger partial charge in [-0.2, -0.15) is 0 Å². The van der Waals surface area contributed by atoms with Gasteiger partial charge in [0.1, 0.15) is 5.84 Å². The highest BCUT2D eigenvalue weighted by molar-refractivity contribution is 6.01. The van der Waals surface area contributed by atoms with Crippen LogP contribution in [0.25, 0.3) is 10.9 Å². The van der Waals surface area contributed by atoms with E-state index >= 15 is 0 Å². The van der Waals surface area contributed by atoms with Gasteiger partial charge in [0.15, 0.2) is 11.5 Å². The summed E-state index contributed by atoms with van der Waals surface area (Å²) >= 11 is 0. The van der Waals surface area contributed by atoms with Crippen LogP contribution in [0.5, 0.6) is 11.5 Å². The molecule has 2 aliphatic rings. The highest BCUT2D eigenvalue weighted by atomic mass is 16.5. The molecule has 2 N–H and O–H groups in total. The Labute approximate surface area is 204 Å². The lowest BCUT2D eigenvalue weighted by Crippen LogP contribution is -2.37. The highest BCUT2D eigenvalue weighted by Gasteiger charge is 2.27. The number of hydrogen-bond donors (Lipinski definition) is 2. The van der Waals surface area contributed by atoms with Gasteiger partial charge in [-0.05, 0) is 31.4 Å². The van der Waals surface area contributed by atoms with Gasteiger partial charge >= 0.3 is 0 Å². The molecule has 2 aromatic carbocycles. The standard InChI is InChI=1S/C26H31N5O4/c1-15(32)13-30-11-9-27-24(30)19-7-5-6-17-14-31(10-8-18(17)19)26-28-20-12-21(34-3)23(35-4)16(2)22(20)25(33)29-26/h5-7,12,15,32H,8-11,13-14H2,1-4H3,(H,28,29,33). The Hall–Kier alpha value is -3.59. The number of rotatable bonds is 6. The lowest BCUT2D eigenvalue weighted by atomic mass is 9.93. The van der Waals surface area contributed by atoms with E-state index in [0.717, 1.165) is 30.9 Å². The van der Waals surface area contributed by atoms with Gasteiger partial charge in [0.25, 0.3) is 5.56 Å². The number of aromatic amines is 1. The molecule has 3 aromatic rings. The summed E-state index contributed by atoms with van der Waals surface area (Å²) in [7, 11) is 3.14. The van der Waals surface area contributed by atoms with Crippen LogP contribution in [0.15, 0.2) is 34.1 Å². The van der Waals surface area contributed by atoms with Crippen molar-refractivity contribution in [1.29, 1.82) is 0 Å². The van der Waals surface area contributed by atoms with Gasteiger partial charge < -0.3 is 24.4 Å². The van der Waals surface area contributed by atoms with Crippen LogP contribution in [0.3, 0.4) is 0 Å². The van der Waals surface area contributed by atoms with Gasteiger partial charge in [-0.15, -0.1) is 0 Å². The van der Waals surface area contributed by atoms with E-state index in [-0.39, 0.29) is 5.56 Å². The van der Waals surface area contributed by atoms with Crippen molar-refractivity contribution >= 4 is 22.7 Å². The smallest absolute Gasteiger partial charge is 0.260 e. The molecule has 1 atom stereocenters. The molecule has 0 amide bonds. The zero-order chi connectivity index (χ0) is 24.7. The largest absolute Gasteiger partial charge is 0.493 e. The number of benzene rings is 2. The van der Waals surface area contributed by atoms with Crippen LogP contribution < -0.4 is 19.9 Å². The Morgan fingerprint density at radius 2 is 2.06 bits per heavy atom. The van der Waals surface area contributed by atoms with Crippen molar-refractivity contribution in [2.24, 2.45) is 4.99 Å². The number of methoxy groups -OCH3 is 2. The van der Waals surface area contributed by atoms with Gasteiger partial charge in [-0.25, -0.2) is 4.98 Å². The van der Waals surface area contributed by atoms with Crippen molar-refractivity contribution in [3.63, 3.8) is 0 Å². The van der Waals surface area contributed by atoms with Crippen molar-refractivity contribution in [1.82, 2.24) is 14.9 Å². The molecule has 0 fully saturated rings. The third-order valence-electron chi connectivity index (χ3n) is 6.79. The third kappa shape index (κ3) is 4.10. The number of nitrogens with one attached hydrogen (secondary N) is 1. The molecular formula is C26H31N5O4. The van der Waals surface area contributed by atoms with E-state index in [0.29, 0.717) is 53.5 Å². The molecular weight excluding hydrogens is 446 g/mol. The van der Waals surface area contributed by atoms with Gasteiger partial charge in [-0.3, -0.25) is 14.8 Å². The third-order valence-corrected chi connectivity index (χ3v) is 6.79. The second kappa shape index (κ2) is 9.22. The minimum absolute atomic E-state index is 0.197. The number of fused-ring (bicyclic) bond motifs is 2. The number of anilines is 1. The van der Waals surface area contributed by atoms with Crippen molar-refractivity contribution in [3.05, 3.63) is 56.9 Å². The van der Waals surface area contributed by atoms with Crippen LogP contribution in [0.1, 0.15) is 29.2 Å². The Morgan fingerprint density at radius 1 is 1.23 bits per heavy atom. The van der Waals surface area contributed by atoms with Crippen LogP contribution in [-0.4, -0.2) is 72.3 Å². The van der Waals surface area contributed by atoms with E-state index < -0.39 is 6.10 Å². The quantitative estimate of drug-likeness (QED) is 0.561. The lowest BCUT2D eigenvalue weighted by molar-refractivity contribution is 0.163. The summed E-state index contributed by atoms with van der Waals surface area (Å²) in [6, 6.07) is 8.05. The van der Waals surface area contributed by atoms with E-state index in [1.54, 1.807) is 27.2 Å². The maximum atomic E-state index is 13.1. The first-order valence-corrected chi connectivity index (χ1v) is 11.9. The van der Waals surface area contributed by atoms with Crippen LogP contribution in [0.2, 0.25) is 0 Å². The number of nitrogens with zero attached hydrogens (tertiary/aromatic N) is 4. The molecule has 0 spiro atoms. The number of H-pyrrole nitrogens is 1. The molecule has 35 heavy (non-hydrogen) atoms. The maximum absolute atomic E-state index is 13.1. The zero-order valence-electron chi connectivity index (χ0n) is 20.6. The van der Waals surface area contributed by atoms with Crippen molar-refractivity contribution in [2.75, 3.05) is 45.3 Å². The second-order valence-electron chi connectivity index (χ2n) is 9.14. The summed E-state index contributed by atoms with van der Waals surface area (Å²) in [6.07, 6.45) is 0.395. The predicted molar refractivity (Wildman–Crippen MR) is 136 cm³/mol. The number of ether oxygens (including phenoxy) is 2. The Bertz CT molecular complexity index is 1360. The van der Waals surface area contributed by atoms with Crippen molar-refractivity contribution < 1.29 is 14.6 Å². The van der Waals surface area contributed by atoms with Crippen LogP contribution >= 0.6 is 0 Å². The number of aromatic nitrogens is 2. The fourth-order valence-electron chi connectivity index (χ4n) is 5.22. The highest BCUT2D eigenvalue weighted by Crippen LogP contribution is 2.35. The number of amidine groups is 1. The molecule has 9 nitrogen and oxygen atoms in total. The molecule has 2 aliphatic heterocycles. The summed E-state index contributed by atoms with van der Waals surface area (Å²) in [5, 5.41) is 10.4. The fraction of sp³-hybridized carbons (Fsp3) is 0.423. The Balaban J connectivity index is 1.49. The molecule has 9 heteroatoms. The SMILES string of the molecule is COc1cc2nc(N3CCc4c(cccc4C4=NCCN4CC(C)O)C3)[nH]c(=O)c2c(C)c1OC. The van der Waals surface area contributed by atoms with Crippen molar-refractivity contribution in [2.45, 2.75) is 32.9 Å². The Kier molecular flexibility index (Phi) is 6.10. The number of aryl methyl sites for hydroxylation is 1. The average Bonchev–Trinajstić information content (AvgIpc) is 3.29. The number of β-amino-alcohol motifs (C(OH)–C–C–N with tert-alkyl or cyclic N) is 1. The van der Waals surface area contributed by atoms with Crippen LogP contribution in [0.4, 0.5) is 5.95 Å². The van der Waals surface area contributed by atoms with Crippen LogP contribution in [-0.2, 0) is 13.0 Å². The maximum Gasteiger partial charge on any atom is 0.260 e. The van der Waals surface area contributed by atoms with E-state index in [1.165, 1.54) is 11.1 Å². The molecule has 0 bridgehead atoms. The predicted octanol–water partition coefficient (Wildman–Crippen LogP) is 2.25. The fourth-order valence-corrected chi connectivity index (χ4v) is 5.22. The number of aliphatic imine (C=N–C) groups is 1. The zero-order valence-corrected chi connectivity index (χ0v) is 20.6. The first-order valence-electron chi connectivity index (χ1n) is 11.9. The Morgan fingerprint density at radius 3 is 2.80 bits per heavy atom. The molecule has 0 radical (unpaired) electrons. The summed E-state index contributed by atoms with van der Waals surface area (Å²) in [5.41, 5.74) is 4.67. The summed E-state index contributed by atoms with van der Waals surface area (Å²) in [5.74, 6) is 2.59. The molecule has 5 rings (SSSR count). The number of aliphatic hydroxyl groups is 1. The van der Waals surface area contributed by atoms with E-state index in [2.05, 4.69) is 33.0 Å². The topological polar surface area (TPSA) is 103 Å². The van der Waals surface area contributed by atoms with Gasteiger partial charge in [0.05, 0.1) is 37.8 Å². The summed E-state index contributed by atoms with van der Waals surface area (Å²) < 4.78 is 10.9. The monoisotopic (exact) mass is 477 g/mol. The second-order valence-corrected chi connectivity index (χ2v) is 9.14. The van der Waals surface area contributed by atoms with Gasteiger partial charge in [0.2, 0.25) is 5.95 Å². The van der Waals surface area contributed by atoms with E-state index in [1.807, 2.05) is 6.92 Å². The van der Waals surface area contributed by atoms with Crippen molar-refractivity contribution in [3.8, 4) is 11.5 Å². The van der Waals surface area contributed by atoms with Crippen LogP contribution in [0, 0.1) is 6.92 Å². The lowest BCUT2D eigenvalue weighted by Gasteiger charge is -2.32. The van der Waals surface area contributed by atoms with E-state index in [4.69, 9.17) is 19.5 Å². The molecule has 184 valence electrons. The summed E-state index contributed by atoms with van der Waals surface area (Å²) in [4.78, 5) is 29.9. The molecule has 0 saturated heterocycles. The normalized spacial score (nSPS) is 16.3. The first kappa shape index (κ1) is 23.2. The molecule has 0 aliphatic carbocycles. The molecule has 0 saturated carbocycles.